The molecule has 0 radical (unpaired) electrons. The fourth-order valence-corrected chi connectivity index (χ4v) is 4.44. The highest BCUT2D eigenvalue weighted by Crippen LogP contribution is 2.40. The maximum absolute atomic E-state index is 10.2. The lowest BCUT2D eigenvalue weighted by molar-refractivity contribution is 0.459. The van der Waals surface area contributed by atoms with Gasteiger partial charge in [-0.15, -0.1) is 23.5 Å². The first-order chi connectivity index (χ1) is 11.3. The van der Waals surface area contributed by atoms with Crippen molar-refractivity contribution >= 4 is 23.5 Å². The van der Waals surface area contributed by atoms with Gasteiger partial charge in [0.05, 0.1) is 4.90 Å². The van der Waals surface area contributed by atoms with E-state index in [0.29, 0.717) is 5.75 Å². The Bertz CT molecular complexity index is 742. The fourth-order valence-electron chi connectivity index (χ4n) is 2.23. The van der Waals surface area contributed by atoms with E-state index in [1.165, 1.54) is 11.1 Å². The van der Waals surface area contributed by atoms with E-state index in [2.05, 4.69) is 42.5 Å². The predicted octanol–water partition coefficient (Wildman–Crippen LogP) is 5.98. The first-order valence-corrected chi connectivity index (χ1v) is 9.45. The van der Waals surface area contributed by atoms with Crippen molar-refractivity contribution in [1.82, 2.24) is 0 Å². The Morgan fingerprint density at radius 1 is 0.609 bits per heavy atom. The number of rotatable bonds is 6. The Balaban J connectivity index is 1.71. The van der Waals surface area contributed by atoms with E-state index in [0.717, 1.165) is 21.3 Å². The summed E-state index contributed by atoms with van der Waals surface area (Å²) in [5, 5.41) is 10.2. The van der Waals surface area contributed by atoms with E-state index in [1.54, 1.807) is 29.6 Å². The van der Waals surface area contributed by atoms with Crippen LogP contribution in [0.25, 0.3) is 0 Å². The number of phenolic OH excluding ortho intramolecular Hbond substituents is 1. The van der Waals surface area contributed by atoms with Crippen molar-refractivity contribution in [2.24, 2.45) is 0 Å². The van der Waals surface area contributed by atoms with Gasteiger partial charge in [0.25, 0.3) is 0 Å². The average molecular weight is 338 g/mol. The topological polar surface area (TPSA) is 20.2 Å². The molecule has 0 aliphatic carbocycles. The lowest BCUT2D eigenvalue weighted by Gasteiger charge is -2.11. The van der Waals surface area contributed by atoms with Crippen molar-refractivity contribution in [2.45, 2.75) is 21.3 Å². The molecule has 0 atom stereocenters. The van der Waals surface area contributed by atoms with E-state index in [1.807, 2.05) is 30.3 Å². The summed E-state index contributed by atoms with van der Waals surface area (Å²) in [6.45, 7) is 0. The highest BCUT2D eigenvalue weighted by molar-refractivity contribution is 8.01. The highest BCUT2D eigenvalue weighted by atomic mass is 32.2. The lowest BCUT2D eigenvalue weighted by Crippen LogP contribution is -1.85. The van der Waals surface area contributed by atoms with Crippen LogP contribution in [-0.2, 0) is 11.5 Å². The van der Waals surface area contributed by atoms with E-state index in [9.17, 15) is 5.11 Å². The van der Waals surface area contributed by atoms with E-state index >= 15 is 0 Å². The molecule has 0 amide bonds. The quantitative estimate of drug-likeness (QED) is 0.559. The van der Waals surface area contributed by atoms with Gasteiger partial charge in [-0.2, -0.15) is 0 Å². The highest BCUT2D eigenvalue weighted by Gasteiger charge is 2.09. The number of hydrogen-bond acceptors (Lipinski definition) is 3. The van der Waals surface area contributed by atoms with Crippen LogP contribution in [-0.4, -0.2) is 5.11 Å². The van der Waals surface area contributed by atoms with Crippen LogP contribution < -0.4 is 0 Å². The molecule has 0 aliphatic rings. The molecule has 3 rings (SSSR count). The normalized spacial score (nSPS) is 10.6. The summed E-state index contributed by atoms with van der Waals surface area (Å²) >= 11 is 3.46. The van der Waals surface area contributed by atoms with Gasteiger partial charge in [-0.3, -0.25) is 0 Å². The summed E-state index contributed by atoms with van der Waals surface area (Å²) in [6, 6.07) is 26.5. The van der Waals surface area contributed by atoms with Crippen LogP contribution in [0.3, 0.4) is 0 Å². The smallest absolute Gasteiger partial charge is 0.130 e. The number of hydrogen-bond donors (Lipinski definition) is 1. The molecular weight excluding hydrogens is 320 g/mol. The second-order valence-corrected chi connectivity index (χ2v) is 7.16. The van der Waals surface area contributed by atoms with Crippen LogP contribution in [0, 0.1) is 0 Å². The molecule has 0 heterocycles. The molecule has 0 saturated heterocycles. The average Bonchev–Trinajstić information content (AvgIpc) is 2.61. The standard InChI is InChI=1S/C20H18OS2/c21-18-12-7-13-19(22-14-16-8-3-1-4-9-16)20(18)23-15-17-10-5-2-6-11-17/h1-13,21H,14-15H2. The van der Waals surface area contributed by atoms with Gasteiger partial charge in [-0.05, 0) is 23.3 Å². The minimum absolute atomic E-state index is 0.365. The zero-order valence-corrected chi connectivity index (χ0v) is 14.3. The Labute approximate surface area is 145 Å². The summed E-state index contributed by atoms with van der Waals surface area (Å²) in [5.74, 6) is 2.13. The zero-order valence-electron chi connectivity index (χ0n) is 12.7. The molecule has 23 heavy (non-hydrogen) atoms. The van der Waals surface area contributed by atoms with Gasteiger partial charge < -0.3 is 5.11 Å². The van der Waals surface area contributed by atoms with E-state index < -0.39 is 0 Å². The van der Waals surface area contributed by atoms with Gasteiger partial charge in [0.2, 0.25) is 0 Å². The van der Waals surface area contributed by atoms with Crippen molar-refractivity contribution in [3.05, 3.63) is 90.0 Å². The number of phenols is 1. The minimum atomic E-state index is 0.365. The molecule has 0 aromatic heterocycles. The molecule has 3 aromatic rings. The number of benzene rings is 3. The fraction of sp³-hybridized carbons (Fsp3) is 0.100. The van der Waals surface area contributed by atoms with Gasteiger partial charge in [-0.1, -0.05) is 66.7 Å². The second kappa shape index (κ2) is 8.14. The van der Waals surface area contributed by atoms with E-state index in [4.69, 9.17) is 0 Å². The first-order valence-electron chi connectivity index (χ1n) is 7.48. The third-order valence-electron chi connectivity index (χ3n) is 3.42. The first kappa shape index (κ1) is 16.0. The molecule has 1 N–H and O–H groups in total. The Hall–Kier alpha value is -1.84. The predicted molar refractivity (Wildman–Crippen MR) is 100 cm³/mol. The van der Waals surface area contributed by atoms with Crippen LogP contribution in [0.5, 0.6) is 5.75 Å². The summed E-state index contributed by atoms with van der Waals surface area (Å²) in [7, 11) is 0. The number of thioether (sulfide) groups is 2. The molecular formula is C20H18OS2. The van der Waals surface area contributed by atoms with Gasteiger partial charge >= 0.3 is 0 Å². The molecule has 0 saturated carbocycles. The van der Waals surface area contributed by atoms with Gasteiger partial charge in [0, 0.05) is 16.4 Å². The maximum Gasteiger partial charge on any atom is 0.130 e. The van der Waals surface area contributed by atoms with Gasteiger partial charge in [0.1, 0.15) is 5.75 Å². The molecule has 0 bridgehead atoms. The van der Waals surface area contributed by atoms with Crippen molar-refractivity contribution in [3.8, 4) is 5.75 Å². The maximum atomic E-state index is 10.2. The van der Waals surface area contributed by atoms with Crippen LogP contribution >= 0.6 is 23.5 Å². The van der Waals surface area contributed by atoms with Crippen molar-refractivity contribution < 1.29 is 5.11 Å². The SMILES string of the molecule is Oc1cccc(SCc2ccccc2)c1SCc1ccccc1. The third kappa shape index (κ3) is 4.57. The largest absolute Gasteiger partial charge is 0.507 e. The molecule has 0 fully saturated rings. The summed E-state index contributed by atoms with van der Waals surface area (Å²) in [6.07, 6.45) is 0. The summed E-state index contributed by atoms with van der Waals surface area (Å²) in [4.78, 5) is 2.10. The second-order valence-electron chi connectivity index (χ2n) is 5.15. The molecule has 3 aromatic carbocycles. The van der Waals surface area contributed by atoms with Crippen molar-refractivity contribution in [3.63, 3.8) is 0 Å². The van der Waals surface area contributed by atoms with Gasteiger partial charge in [0.15, 0.2) is 0 Å². The van der Waals surface area contributed by atoms with Crippen LogP contribution in [0.15, 0.2) is 88.7 Å². The molecule has 1 nitrogen and oxygen atoms in total. The zero-order chi connectivity index (χ0) is 15.9. The molecule has 116 valence electrons. The molecule has 0 spiro atoms. The molecule has 3 heteroatoms. The molecule has 0 aliphatic heterocycles. The van der Waals surface area contributed by atoms with Crippen molar-refractivity contribution in [1.29, 1.82) is 0 Å². The minimum Gasteiger partial charge on any atom is -0.507 e. The summed E-state index contributed by atoms with van der Waals surface area (Å²) < 4.78 is 0. The van der Waals surface area contributed by atoms with Crippen LogP contribution in [0.4, 0.5) is 0 Å². The van der Waals surface area contributed by atoms with Gasteiger partial charge in [-0.25, -0.2) is 0 Å². The van der Waals surface area contributed by atoms with Crippen LogP contribution in [0.1, 0.15) is 11.1 Å². The lowest BCUT2D eigenvalue weighted by atomic mass is 10.2. The number of aromatic hydroxyl groups is 1. The van der Waals surface area contributed by atoms with Crippen molar-refractivity contribution in [2.75, 3.05) is 0 Å². The Morgan fingerprint density at radius 2 is 1.17 bits per heavy atom. The summed E-state index contributed by atoms with van der Waals surface area (Å²) in [5.41, 5.74) is 2.56. The Morgan fingerprint density at radius 3 is 1.78 bits per heavy atom. The molecule has 0 unspecified atom stereocenters. The van der Waals surface area contributed by atoms with Crippen LogP contribution in [0.2, 0.25) is 0 Å². The third-order valence-corrected chi connectivity index (χ3v) is 5.87. The Kier molecular flexibility index (Phi) is 5.67. The van der Waals surface area contributed by atoms with E-state index in [-0.39, 0.29) is 0 Å². The monoisotopic (exact) mass is 338 g/mol.